The number of nitrogens with two attached hydrogens (primary N) is 1. The van der Waals surface area contributed by atoms with Crippen molar-refractivity contribution in [2.24, 2.45) is 5.73 Å². The van der Waals surface area contributed by atoms with Crippen molar-refractivity contribution in [2.75, 3.05) is 6.54 Å². The lowest BCUT2D eigenvalue weighted by Gasteiger charge is -2.23. The van der Waals surface area contributed by atoms with Gasteiger partial charge in [-0.2, -0.15) is 0 Å². The molecule has 4 heteroatoms. The van der Waals surface area contributed by atoms with Crippen LogP contribution in [0.1, 0.15) is 33.1 Å². The average molecular weight is 210 g/mol. The Bertz CT molecular complexity index is 297. The van der Waals surface area contributed by atoms with Gasteiger partial charge in [-0.25, -0.2) is 0 Å². The van der Waals surface area contributed by atoms with Gasteiger partial charge >= 0.3 is 0 Å². The van der Waals surface area contributed by atoms with Gasteiger partial charge in [-0.15, -0.1) is 0 Å². The first-order chi connectivity index (χ1) is 7.10. The Morgan fingerprint density at radius 3 is 2.73 bits per heavy atom. The molecule has 1 rings (SSSR count). The second-order valence-electron chi connectivity index (χ2n) is 3.80. The molecule has 4 nitrogen and oxygen atoms in total. The van der Waals surface area contributed by atoms with E-state index in [2.05, 4.69) is 0 Å². The van der Waals surface area contributed by atoms with Crippen LogP contribution in [0.2, 0.25) is 0 Å². The Balaban J connectivity index is 2.76. The minimum atomic E-state index is -0.444. The number of carbonyl (C=O) groups excluding carboxylic acids is 2. The van der Waals surface area contributed by atoms with Gasteiger partial charge in [0.25, 0.3) is 0 Å². The number of primary amides is 1. The van der Waals surface area contributed by atoms with Crippen LogP contribution in [-0.4, -0.2) is 29.3 Å². The van der Waals surface area contributed by atoms with Crippen LogP contribution in [0.15, 0.2) is 11.6 Å². The molecule has 0 radical (unpaired) electrons. The van der Waals surface area contributed by atoms with Crippen LogP contribution in [0.4, 0.5) is 0 Å². The Morgan fingerprint density at radius 2 is 2.27 bits per heavy atom. The van der Waals surface area contributed by atoms with Gasteiger partial charge in [-0.05, 0) is 18.4 Å². The number of amides is 2. The molecule has 2 amide bonds. The van der Waals surface area contributed by atoms with E-state index < -0.39 is 11.9 Å². The summed E-state index contributed by atoms with van der Waals surface area (Å²) in [6.45, 7) is 4.46. The van der Waals surface area contributed by atoms with Crippen LogP contribution in [0.3, 0.4) is 0 Å². The summed E-state index contributed by atoms with van der Waals surface area (Å²) in [4.78, 5) is 24.4. The summed E-state index contributed by atoms with van der Waals surface area (Å²) >= 11 is 0. The first-order valence-electron chi connectivity index (χ1n) is 5.36. The molecule has 0 aromatic heterocycles. The van der Waals surface area contributed by atoms with Crippen LogP contribution in [0, 0.1) is 0 Å². The summed E-state index contributed by atoms with van der Waals surface area (Å²) < 4.78 is 0. The Morgan fingerprint density at radius 1 is 1.60 bits per heavy atom. The molecule has 1 heterocycles. The third-order valence-electron chi connectivity index (χ3n) is 2.66. The summed E-state index contributed by atoms with van der Waals surface area (Å²) in [6.07, 6.45) is 3.99. The molecule has 1 unspecified atom stereocenters. The molecule has 1 aliphatic heterocycles. The first-order valence-corrected chi connectivity index (χ1v) is 5.36. The Hall–Kier alpha value is -1.32. The molecule has 0 aromatic rings. The minimum Gasteiger partial charge on any atom is -0.368 e. The fourth-order valence-corrected chi connectivity index (χ4v) is 1.94. The Kier molecular flexibility index (Phi) is 3.88. The zero-order valence-corrected chi connectivity index (χ0v) is 9.32. The number of likely N-dealkylation sites (tertiary alicyclic amines) is 1. The van der Waals surface area contributed by atoms with Crippen molar-refractivity contribution >= 4 is 11.8 Å². The van der Waals surface area contributed by atoms with Crippen molar-refractivity contribution in [3.8, 4) is 0 Å². The zero-order valence-electron chi connectivity index (χ0n) is 9.32. The lowest BCUT2D eigenvalue weighted by molar-refractivity contribution is -0.136. The molecule has 1 fully saturated rings. The van der Waals surface area contributed by atoms with Crippen molar-refractivity contribution in [3.05, 3.63) is 11.6 Å². The second kappa shape index (κ2) is 4.96. The molecule has 1 aliphatic rings. The number of allylic oxidation sites excluding steroid dienone is 1. The van der Waals surface area contributed by atoms with Crippen molar-refractivity contribution in [1.82, 2.24) is 4.90 Å². The Labute approximate surface area is 90.1 Å². The highest BCUT2D eigenvalue weighted by Crippen LogP contribution is 2.20. The summed E-state index contributed by atoms with van der Waals surface area (Å²) in [5, 5.41) is 0. The normalized spacial score (nSPS) is 21.1. The molecule has 0 bridgehead atoms. The molecule has 0 spiro atoms. The van der Waals surface area contributed by atoms with E-state index in [9.17, 15) is 9.59 Å². The molecule has 84 valence electrons. The van der Waals surface area contributed by atoms with E-state index in [1.165, 1.54) is 0 Å². The van der Waals surface area contributed by atoms with Gasteiger partial charge in [-0.1, -0.05) is 19.9 Å². The zero-order chi connectivity index (χ0) is 11.4. The average Bonchev–Trinajstić information content (AvgIpc) is 2.49. The van der Waals surface area contributed by atoms with E-state index in [1.54, 1.807) is 4.90 Å². The molecule has 0 aliphatic carbocycles. The molecule has 0 aromatic carbocycles. The summed E-state index contributed by atoms with van der Waals surface area (Å²) in [5.41, 5.74) is 6.36. The lowest BCUT2D eigenvalue weighted by Crippen LogP contribution is -2.44. The number of hydrogen-bond acceptors (Lipinski definition) is 2. The van der Waals surface area contributed by atoms with Crippen LogP contribution < -0.4 is 5.73 Å². The monoisotopic (exact) mass is 210 g/mol. The van der Waals surface area contributed by atoms with E-state index in [1.807, 2.05) is 19.9 Å². The van der Waals surface area contributed by atoms with E-state index in [4.69, 9.17) is 5.73 Å². The molecular formula is C11H18N2O2. The van der Waals surface area contributed by atoms with Gasteiger partial charge < -0.3 is 10.6 Å². The molecule has 2 N–H and O–H groups in total. The fourth-order valence-electron chi connectivity index (χ4n) is 1.94. The van der Waals surface area contributed by atoms with E-state index in [0.29, 0.717) is 19.4 Å². The van der Waals surface area contributed by atoms with Gasteiger partial charge in [0.1, 0.15) is 6.04 Å². The van der Waals surface area contributed by atoms with Crippen LogP contribution in [-0.2, 0) is 9.59 Å². The maximum absolute atomic E-state index is 11.6. The summed E-state index contributed by atoms with van der Waals surface area (Å²) in [5.74, 6) is -0.399. The SMILES string of the molecule is CC/C=C1\CC(=O)N(C(CC)C(N)=O)C1. The van der Waals surface area contributed by atoms with Crippen LogP contribution >= 0.6 is 0 Å². The van der Waals surface area contributed by atoms with E-state index in [0.717, 1.165) is 12.0 Å². The van der Waals surface area contributed by atoms with Crippen LogP contribution in [0.5, 0.6) is 0 Å². The molecular weight excluding hydrogens is 192 g/mol. The third-order valence-corrected chi connectivity index (χ3v) is 2.66. The van der Waals surface area contributed by atoms with Crippen LogP contribution in [0.25, 0.3) is 0 Å². The van der Waals surface area contributed by atoms with E-state index in [-0.39, 0.29) is 5.91 Å². The summed E-state index contributed by atoms with van der Waals surface area (Å²) in [6, 6.07) is -0.444. The highest BCUT2D eigenvalue weighted by Gasteiger charge is 2.32. The predicted molar refractivity (Wildman–Crippen MR) is 58.0 cm³/mol. The third kappa shape index (κ3) is 2.58. The van der Waals surface area contributed by atoms with E-state index >= 15 is 0 Å². The maximum atomic E-state index is 11.6. The largest absolute Gasteiger partial charge is 0.368 e. The maximum Gasteiger partial charge on any atom is 0.240 e. The van der Waals surface area contributed by atoms with Crippen molar-refractivity contribution in [1.29, 1.82) is 0 Å². The minimum absolute atomic E-state index is 0.0142. The second-order valence-corrected chi connectivity index (χ2v) is 3.80. The quantitative estimate of drug-likeness (QED) is 0.698. The smallest absolute Gasteiger partial charge is 0.240 e. The number of nitrogens with zero attached hydrogens (tertiary/aromatic N) is 1. The molecule has 1 atom stereocenters. The molecule has 0 saturated carbocycles. The summed E-state index contributed by atoms with van der Waals surface area (Å²) in [7, 11) is 0. The topological polar surface area (TPSA) is 63.4 Å². The lowest BCUT2D eigenvalue weighted by atomic mass is 10.2. The van der Waals surface area contributed by atoms with Gasteiger partial charge in [0.2, 0.25) is 11.8 Å². The highest BCUT2D eigenvalue weighted by atomic mass is 16.2. The molecule has 15 heavy (non-hydrogen) atoms. The van der Waals surface area contributed by atoms with Crippen molar-refractivity contribution < 1.29 is 9.59 Å². The van der Waals surface area contributed by atoms with Gasteiger partial charge in [0, 0.05) is 13.0 Å². The number of rotatable bonds is 4. The first kappa shape index (κ1) is 11.8. The molecule has 1 saturated heterocycles. The predicted octanol–water partition coefficient (Wildman–Crippen LogP) is 0.819. The van der Waals surface area contributed by atoms with Crippen molar-refractivity contribution in [3.63, 3.8) is 0 Å². The van der Waals surface area contributed by atoms with Gasteiger partial charge in [0.05, 0.1) is 0 Å². The fraction of sp³-hybridized carbons (Fsp3) is 0.636. The van der Waals surface area contributed by atoms with Crippen molar-refractivity contribution in [2.45, 2.75) is 39.2 Å². The highest BCUT2D eigenvalue weighted by molar-refractivity contribution is 5.89. The van der Waals surface area contributed by atoms with Gasteiger partial charge in [0.15, 0.2) is 0 Å². The number of hydrogen-bond donors (Lipinski definition) is 1. The standard InChI is InChI=1S/C11H18N2O2/c1-3-5-8-6-10(14)13(7-8)9(4-2)11(12)15/h5,9H,3-4,6-7H2,1-2H3,(H2,12,15)/b8-5+. The van der Waals surface area contributed by atoms with Gasteiger partial charge in [-0.3, -0.25) is 9.59 Å². The number of carbonyl (C=O) groups is 2.